The molecule has 0 saturated heterocycles. The van der Waals surface area contributed by atoms with Crippen molar-refractivity contribution < 1.29 is 13.2 Å². The Balaban J connectivity index is 2.01. The third-order valence-electron chi connectivity index (χ3n) is 4.71. The number of alkyl halides is 3. The number of hydrogen-bond acceptors (Lipinski definition) is 1. The van der Waals surface area contributed by atoms with Crippen molar-refractivity contribution in [2.75, 3.05) is 7.05 Å². The predicted molar refractivity (Wildman–Crippen MR) is 79.1 cm³/mol. The van der Waals surface area contributed by atoms with Crippen LogP contribution in [0.5, 0.6) is 0 Å². The van der Waals surface area contributed by atoms with Gasteiger partial charge in [-0.3, -0.25) is 0 Å². The van der Waals surface area contributed by atoms with E-state index in [1.165, 1.54) is 5.56 Å². The monoisotopic (exact) mass is 299 g/mol. The Labute approximate surface area is 124 Å². The van der Waals surface area contributed by atoms with Crippen LogP contribution in [-0.4, -0.2) is 19.3 Å². The van der Waals surface area contributed by atoms with Gasteiger partial charge in [-0.2, -0.15) is 13.2 Å². The Morgan fingerprint density at radius 3 is 2.43 bits per heavy atom. The van der Waals surface area contributed by atoms with E-state index in [-0.39, 0.29) is 18.4 Å². The standard InChI is InChI=1S/C17H24F3N/c1-21-16(12-11-13-7-3-2-4-8-13)14-9-5-6-10-15(14)17(18,19)20/h2-4,7-8,14-16,21H,5-6,9-12H2,1H3. The van der Waals surface area contributed by atoms with Crippen LogP contribution in [0.2, 0.25) is 0 Å². The lowest BCUT2D eigenvalue weighted by Crippen LogP contribution is -2.44. The van der Waals surface area contributed by atoms with Crippen LogP contribution in [0.4, 0.5) is 13.2 Å². The number of benzene rings is 1. The van der Waals surface area contributed by atoms with Gasteiger partial charge >= 0.3 is 6.18 Å². The van der Waals surface area contributed by atoms with Gasteiger partial charge in [0.05, 0.1) is 5.92 Å². The van der Waals surface area contributed by atoms with Crippen LogP contribution in [-0.2, 0) is 6.42 Å². The Kier molecular flexibility index (Phi) is 5.68. The Morgan fingerprint density at radius 1 is 1.14 bits per heavy atom. The summed E-state index contributed by atoms with van der Waals surface area (Å²) < 4.78 is 39.7. The average molecular weight is 299 g/mol. The molecule has 1 aliphatic rings. The van der Waals surface area contributed by atoms with E-state index in [1.54, 1.807) is 7.05 Å². The zero-order valence-electron chi connectivity index (χ0n) is 12.5. The van der Waals surface area contributed by atoms with Crippen molar-refractivity contribution in [1.82, 2.24) is 5.32 Å². The minimum atomic E-state index is -4.06. The van der Waals surface area contributed by atoms with E-state index in [9.17, 15) is 13.2 Å². The van der Waals surface area contributed by atoms with Gasteiger partial charge in [-0.05, 0) is 44.2 Å². The van der Waals surface area contributed by atoms with Crippen LogP contribution in [0.1, 0.15) is 37.7 Å². The van der Waals surface area contributed by atoms with Gasteiger partial charge in [-0.25, -0.2) is 0 Å². The van der Waals surface area contributed by atoms with Crippen molar-refractivity contribution in [3.63, 3.8) is 0 Å². The Hall–Kier alpha value is -1.03. The highest BCUT2D eigenvalue weighted by molar-refractivity contribution is 5.14. The molecule has 118 valence electrons. The minimum absolute atomic E-state index is 0.0582. The summed E-state index contributed by atoms with van der Waals surface area (Å²) in [6, 6.07) is 9.92. The zero-order valence-corrected chi connectivity index (χ0v) is 12.5. The highest BCUT2D eigenvalue weighted by Gasteiger charge is 2.47. The van der Waals surface area contributed by atoms with Gasteiger partial charge in [0.15, 0.2) is 0 Å². The fraction of sp³-hybridized carbons (Fsp3) is 0.647. The minimum Gasteiger partial charge on any atom is -0.317 e. The molecule has 0 bridgehead atoms. The molecule has 2 rings (SSSR count). The third kappa shape index (κ3) is 4.47. The topological polar surface area (TPSA) is 12.0 Å². The van der Waals surface area contributed by atoms with Gasteiger partial charge in [0.2, 0.25) is 0 Å². The summed E-state index contributed by atoms with van der Waals surface area (Å²) in [6.45, 7) is 0. The molecule has 1 aromatic carbocycles. The van der Waals surface area contributed by atoms with Crippen molar-refractivity contribution in [1.29, 1.82) is 0 Å². The molecular formula is C17H24F3N. The maximum absolute atomic E-state index is 13.2. The van der Waals surface area contributed by atoms with Gasteiger partial charge < -0.3 is 5.32 Å². The van der Waals surface area contributed by atoms with Gasteiger partial charge in [0, 0.05) is 6.04 Å². The maximum Gasteiger partial charge on any atom is 0.392 e. The second-order valence-corrected chi connectivity index (χ2v) is 6.02. The molecule has 1 aliphatic carbocycles. The third-order valence-corrected chi connectivity index (χ3v) is 4.71. The lowest BCUT2D eigenvalue weighted by atomic mass is 9.73. The molecule has 0 spiro atoms. The fourth-order valence-electron chi connectivity index (χ4n) is 3.59. The van der Waals surface area contributed by atoms with E-state index in [0.717, 1.165) is 19.3 Å². The number of nitrogens with one attached hydrogen (secondary N) is 1. The molecule has 3 atom stereocenters. The Morgan fingerprint density at radius 2 is 1.81 bits per heavy atom. The molecule has 0 aromatic heterocycles. The molecule has 0 heterocycles. The molecule has 1 N–H and O–H groups in total. The van der Waals surface area contributed by atoms with Crippen LogP contribution in [0.25, 0.3) is 0 Å². The summed E-state index contributed by atoms with van der Waals surface area (Å²) in [5.41, 5.74) is 1.19. The van der Waals surface area contributed by atoms with Crippen LogP contribution < -0.4 is 5.32 Å². The smallest absolute Gasteiger partial charge is 0.317 e. The SMILES string of the molecule is CNC(CCc1ccccc1)C1CCCCC1C(F)(F)F. The maximum atomic E-state index is 13.2. The molecule has 0 amide bonds. The predicted octanol–water partition coefficient (Wildman–Crippen LogP) is 4.58. The van der Waals surface area contributed by atoms with Gasteiger partial charge in [-0.1, -0.05) is 43.2 Å². The van der Waals surface area contributed by atoms with Crippen LogP contribution in [0.15, 0.2) is 30.3 Å². The molecule has 1 saturated carbocycles. The summed E-state index contributed by atoms with van der Waals surface area (Å²) in [4.78, 5) is 0. The first-order valence-corrected chi connectivity index (χ1v) is 7.80. The molecular weight excluding hydrogens is 275 g/mol. The Bertz CT molecular complexity index is 416. The van der Waals surface area contributed by atoms with Gasteiger partial charge in [-0.15, -0.1) is 0 Å². The molecule has 4 heteroatoms. The normalized spacial score (nSPS) is 24.8. The highest BCUT2D eigenvalue weighted by atomic mass is 19.4. The second kappa shape index (κ2) is 7.30. The van der Waals surface area contributed by atoms with Crippen molar-refractivity contribution in [2.45, 2.75) is 50.7 Å². The summed E-state index contributed by atoms with van der Waals surface area (Å²) in [7, 11) is 1.79. The molecule has 0 aliphatic heterocycles. The van der Waals surface area contributed by atoms with Gasteiger partial charge in [0.1, 0.15) is 0 Å². The fourth-order valence-corrected chi connectivity index (χ4v) is 3.59. The first-order chi connectivity index (χ1) is 10.0. The number of halogens is 3. The zero-order chi connectivity index (χ0) is 15.3. The first-order valence-electron chi connectivity index (χ1n) is 7.80. The molecule has 1 aromatic rings. The summed E-state index contributed by atoms with van der Waals surface area (Å²) in [6.07, 6.45) is 0.122. The van der Waals surface area contributed by atoms with Crippen LogP contribution >= 0.6 is 0 Å². The van der Waals surface area contributed by atoms with E-state index in [0.29, 0.717) is 12.8 Å². The highest BCUT2D eigenvalue weighted by Crippen LogP contribution is 2.43. The molecule has 0 radical (unpaired) electrons. The van der Waals surface area contributed by atoms with Crippen molar-refractivity contribution in [3.8, 4) is 0 Å². The number of rotatable bonds is 5. The summed E-state index contributed by atoms with van der Waals surface area (Å²) in [5.74, 6) is -1.42. The van der Waals surface area contributed by atoms with Gasteiger partial charge in [0.25, 0.3) is 0 Å². The quantitative estimate of drug-likeness (QED) is 0.839. The van der Waals surface area contributed by atoms with E-state index in [2.05, 4.69) is 5.32 Å². The van der Waals surface area contributed by atoms with E-state index >= 15 is 0 Å². The van der Waals surface area contributed by atoms with E-state index < -0.39 is 12.1 Å². The molecule has 1 nitrogen and oxygen atoms in total. The average Bonchev–Trinajstić information content (AvgIpc) is 2.48. The first kappa shape index (κ1) is 16.3. The van der Waals surface area contributed by atoms with Crippen LogP contribution in [0.3, 0.4) is 0 Å². The summed E-state index contributed by atoms with van der Waals surface area (Å²) >= 11 is 0. The summed E-state index contributed by atoms with van der Waals surface area (Å²) in [5, 5.41) is 3.14. The van der Waals surface area contributed by atoms with Crippen molar-refractivity contribution in [3.05, 3.63) is 35.9 Å². The molecule has 1 fully saturated rings. The van der Waals surface area contributed by atoms with Crippen molar-refractivity contribution in [2.24, 2.45) is 11.8 Å². The van der Waals surface area contributed by atoms with E-state index in [1.807, 2.05) is 30.3 Å². The van der Waals surface area contributed by atoms with Crippen molar-refractivity contribution >= 4 is 0 Å². The lowest BCUT2D eigenvalue weighted by Gasteiger charge is -2.38. The molecule has 3 unspecified atom stereocenters. The number of aryl methyl sites for hydroxylation is 1. The number of hydrogen-bond donors (Lipinski definition) is 1. The molecule has 21 heavy (non-hydrogen) atoms. The van der Waals surface area contributed by atoms with E-state index in [4.69, 9.17) is 0 Å². The second-order valence-electron chi connectivity index (χ2n) is 6.02. The van der Waals surface area contributed by atoms with Crippen LogP contribution in [0, 0.1) is 11.8 Å². The largest absolute Gasteiger partial charge is 0.392 e. The lowest BCUT2D eigenvalue weighted by molar-refractivity contribution is -0.199.